The molecule has 0 aliphatic heterocycles. The van der Waals surface area contributed by atoms with E-state index < -0.39 is 5.63 Å². The fourth-order valence-electron chi connectivity index (χ4n) is 3.04. The molecule has 0 bridgehead atoms. The van der Waals surface area contributed by atoms with Gasteiger partial charge in [0, 0.05) is 19.7 Å². The molecule has 28 heavy (non-hydrogen) atoms. The van der Waals surface area contributed by atoms with E-state index in [0.717, 1.165) is 5.56 Å². The van der Waals surface area contributed by atoms with Gasteiger partial charge in [-0.3, -0.25) is 0 Å². The maximum atomic E-state index is 12.5. The van der Waals surface area contributed by atoms with Crippen LogP contribution in [0.5, 0.6) is 11.5 Å². The average molecular weight is 376 g/mol. The number of anilines is 1. The molecule has 0 atom stereocenters. The fourth-order valence-corrected chi connectivity index (χ4v) is 3.04. The molecular weight excluding hydrogens is 356 g/mol. The van der Waals surface area contributed by atoms with Crippen molar-refractivity contribution in [3.05, 3.63) is 64.5 Å². The van der Waals surface area contributed by atoms with Crippen LogP contribution < -0.4 is 20.0 Å². The van der Waals surface area contributed by atoms with Crippen LogP contribution in [-0.2, 0) is 0 Å². The van der Waals surface area contributed by atoms with Gasteiger partial charge in [-0.25, -0.2) is 4.79 Å². The second kappa shape index (κ2) is 7.89. The Labute approximate surface area is 163 Å². The molecule has 0 amide bonds. The minimum atomic E-state index is -0.672. The highest BCUT2D eigenvalue weighted by atomic mass is 16.5. The van der Waals surface area contributed by atoms with Crippen molar-refractivity contribution in [3.8, 4) is 40.0 Å². The Morgan fingerprint density at radius 2 is 1.39 bits per heavy atom. The van der Waals surface area contributed by atoms with Gasteiger partial charge in [0.2, 0.25) is 0 Å². The van der Waals surface area contributed by atoms with Crippen LogP contribution in [0.1, 0.15) is 5.56 Å². The number of nitrogens with zero attached hydrogens (tertiary/aromatic N) is 2. The summed E-state index contributed by atoms with van der Waals surface area (Å²) < 4.78 is 16.1. The Morgan fingerprint density at radius 3 is 1.82 bits per heavy atom. The predicted molar refractivity (Wildman–Crippen MR) is 108 cm³/mol. The molecule has 0 aliphatic rings. The van der Waals surface area contributed by atoms with Crippen LogP contribution in [0.3, 0.4) is 0 Å². The van der Waals surface area contributed by atoms with Crippen LogP contribution in [0.15, 0.2) is 57.7 Å². The molecule has 6 heteroatoms. The maximum absolute atomic E-state index is 12.5. The van der Waals surface area contributed by atoms with Crippen molar-refractivity contribution < 1.29 is 13.9 Å². The molecule has 2 aromatic carbocycles. The standard InChI is InChI=1S/C22H20N2O4/c1-24(2)20-18(13-23)22(25)28-21(15-7-11-17(27-4)12-8-15)19(20)14-5-9-16(26-3)10-6-14/h5-12H,1-4H3. The number of nitriles is 1. The van der Waals surface area contributed by atoms with Crippen molar-refractivity contribution in [2.75, 3.05) is 33.2 Å². The molecule has 6 nitrogen and oxygen atoms in total. The first-order valence-corrected chi connectivity index (χ1v) is 8.57. The first kappa shape index (κ1) is 19.1. The van der Waals surface area contributed by atoms with Crippen molar-refractivity contribution in [1.82, 2.24) is 0 Å². The molecular formula is C22H20N2O4. The molecule has 3 rings (SSSR count). The third kappa shape index (κ3) is 3.42. The lowest BCUT2D eigenvalue weighted by molar-refractivity contribution is 0.414. The van der Waals surface area contributed by atoms with Crippen molar-refractivity contribution in [2.45, 2.75) is 0 Å². The van der Waals surface area contributed by atoms with E-state index in [0.29, 0.717) is 34.1 Å². The van der Waals surface area contributed by atoms with E-state index in [4.69, 9.17) is 13.9 Å². The molecule has 0 fully saturated rings. The van der Waals surface area contributed by atoms with E-state index in [1.165, 1.54) is 0 Å². The summed E-state index contributed by atoms with van der Waals surface area (Å²) in [5.41, 5.74) is 1.97. The smallest absolute Gasteiger partial charge is 0.356 e. The summed E-state index contributed by atoms with van der Waals surface area (Å²) in [6.45, 7) is 0. The zero-order valence-corrected chi connectivity index (χ0v) is 16.1. The van der Waals surface area contributed by atoms with Gasteiger partial charge in [-0.15, -0.1) is 0 Å². The summed E-state index contributed by atoms with van der Waals surface area (Å²) in [7, 11) is 6.77. The number of methoxy groups -OCH3 is 2. The van der Waals surface area contributed by atoms with Crippen molar-refractivity contribution in [3.63, 3.8) is 0 Å². The van der Waals surface area contributed by atoms with Gasteiger partial charge in [0.1, 0.15) is 23.3 Å². The Bertz CT molecular complexity index is 1080. The van der Waals surface area contributed by atoms with Gasteiger partial charge in [0.15, 0.2) is 5.56 Å². The van der Waals surface area contributed by atoms with E-state index in [-0.39, 0.29) is 5.56 Å². The van der Waals surface area contributed by atoms with E-state index >= 15 is 0 Å². The molecule has 1 heterocycles. The Hall–Kier alpha value is -3.72. The molecule has 1 aromatic heterocycles. The zero-order valence-electron chi connectivity index (χ0n) is 16.1. The van der Waals surface area contributed by atoms with Crippen LogP contribution in [0.25, 0.3) is 22.5 Å². The molecule has 0 spiro atoms. The van der Waals surface area contributed by atoms with E-state index in [2.05, 4.69) is 0 Å². The minimum absolute atomic E-state index is 0.0342. The van der Waals surface area contributed by atoms with Crippen LogP contribution >= 0.6 is 0 Å². The largest absolute Gasteiger partial charge is 0.497 e. The number of benzene rings is 2. The van der Waals surface area contributed by atoms with E-state index in [1.54, 1.807) is 45.3 Å². The highest BCUT2D eigenvalue weighted by Gasteiger charge is 2.23. The van der Waals surface area contributed by atoms with Crippen LogP contribution in [0, 0.1) is 11.3 Å². The topological polar surface area (TPSA) is 75.7 Å². The number of hydrogen-bond donors (Lipinski definition) is 0. The lowest BCUT2D eigenvalue weighted by Gasteiger charge is -2.21. The molecule has 0 radical (unpaired) electrons. The van der Waals surface area contributed by atoms with Crippen molar-refractivity contribution in [2.24, 2.45) is 0 Å². The number of hydrogen-bond acceptors (Lipinski definition) is 6. The summed E-state index contributed by atoms with van der Waals surface area (Å²) in [5, 5.41) is 9.56. The van der Waals surface area contributed by atoms with Gasteiger partial charge < -0.3 is 18.8 Å². The highest BCUT2D eigenvalue weighted by Crippen LogP contribution is 2.40. The minimum Gasteiger partial charge on any atom is -0.497 e. The van der Waals surface area contributed by atoms with Crippen molar-refractivity contribution in [1.29, 1.82) is 5.26 Å². The number of ether oxygens (including phenoxy) is 2. The average Bonchev–Trinajstić information content (AvgIpc) is 2.73. The van der Waals surface area contributed by atoms with Gasteiger partial charge in [-0.05, 0) is 42.0 Å². The van der Waals surface area contributed by atoms with Gasteiger partial charge in [-0.1, -0.05) is 12.1 Å². The van der Waals surface area contributed by atoms with Crippen LogP contribution in [-0.4, -0.2) is 28.3 Å². The SMILES string of the molecule is COc1ccc(-c2oc(=O)c(C#N)c(N(C)C)c2-c2ccc(OC)cc2)cc1. The van der Waals surface area contributed by atoms with Gasteiger partial charge >= 0.3 is 5.63 Å². The first-order valence-electron chi connectivity index (χ1n) is 8.57. The fraction of sp³-hybridized carbons (Fsp3) is 0.182. The monoisotopic (exact) mass is 376 g/mol. The van der Waals surface area contributed by atoms with Gasteiger partial charge in [0.25, 0.3) is 0 Å². The second-order valence-corrected chi connectivity index (χ2v) is 6.28. The summed E-state index contributed by atoms with van der Waals surface area (Å²) >= 11 is 0. The van der Waals surface area contributed by atoms with Gasteiger partial charge in [0.05, 0.1) is 25.5 Å². The van der Waals surface area contributed by atoms with Crippen molar-refractivity contribution >= 4 is 5.69 Å². The zero-order chi connectivity index (χ0) is 20.3. The Morgan fingerprint density at radius 1 is 0.893 bits per heavy atom. The second-order valence-electron chi connectivity index (χ2n) is 6.28. The lowest BCUT2D eigenvalue weighted by atomic mass is 9.96. The molecule has 0 saturated carbocycles. The lowest BCUT2D eigenvalue weighted by Crippen LogP contribution is -2.18. The quantitative estimate of drug-likeness (QED) is 0.672. The molecule has 3 aromatic rings. The first-order chi connectivity index (χ1) is 13.5. The molecule has 142 valence electrons. The molecule has 0 saturated heterocycles. The maximum Gasteiger partial charge on any atom is 0.356 e. The third-order valence-electron chi connectivity index (χ3n) is 4.39. The Balaban J connectivity index is 2.37. The summed E-state index contributed by atoms with van der Waals surface area (Å²) in [5.74, 6) is 1.79. The van der Waals surface area contributed by atoms with Gasteiger partial charge in [-0.2, -0.15) is 5.26 Å². The summed E-state index contributed by atoms with van der Waals surface area (Å²) in [6.07, 6.45) is 0. The molecule has 0 unspecified atom stereocenters. The number of rotatable bonds is 5. The highest BCUT2D eigenvalue weighted by molar-refractivity contribution is 5.91. The summed E-state index contributed by atoms with van der Waals surface area (Å²) in [4.78, 5) is 14.3. The summed E-state index contributed by atoms with van der Waals surface area (Å²) in [6, 6.07) is 16.6. The van der Waals surface area contributed by atoms with E-state index in [1.807, 2.05) is 42.5 Å². The molecule has 0 aliphatic carbocycles. The molecule has 0 N–H and O–H groups in total. The normalized spacial score (nSPS) is 10.2. The van der Waals surface area contributed by atoms with E-state index in [9.17, 15) is 10.1 Å². The van der Waals surface area contributed by atoms with Crippen LogP contribution in [0.4, 0.5) is 5.69 Å². The third-order valence-corrected chi connectivity index (χ3v) is 4.39. The Kier molecular flexibility index (Phi) is 5.37. The predicted octanol–water partition coefficient (Wildman–Crippen LogP) is 3.93. The van der Waals surface area contributed by atoms with Crippen LogP contribution in [0.2, 0.25) is 0 Å².